The number of aromatic nitrogens is 4. The number of benzene rings is 1. The number of hydrogen-bond donors (Lipinski definition) is 3. The molecule has 0 spiro atoms. The maximum Gasteiger partial charge on any atom is 0.278 e. The quantitative estimate of drug-likeness (QED) is 0.556. The van der Waals surface area contributed by atoms with E-state index in [0.717, 1.165) is 5.69 Å². The van der Waals surface area contributed by atoms with Crippen molar-refractivity contribution in [2.75, 3.05) is 23.8 Å². The summed E-state index contributed by atoms with van der Waals surface area (Å²) in [7, 11) is 0. The lowest BCUT2D eigenvalue weighted by Gasteiger charge is -2.10. The molecule has 3 aromatic rings. The van der Waals surface area contributed by atoms with Crippen LogP contribution in [0.4, 0.5) is 17.5 Å². The molecule has 0 atom stereocenters. The number of aromatic hydroxyl groups is 1. The number of anilines is 3. The number of phenols is 1. The van der Waals surface area contributed by atoms with Gasteiger partial charge in [0.1, 0.15) is 23.9 Å². The van der Waals surface area contributed by atoms with Crippen LogP contribution in [-0.4, -0.2) is 38.5 Å². The molecule has 0 aliphatic heterocycles. The van der Waals surface area contributed by atoms with E-state index in [1.165, 1.54) is 0 Å². The van der Waals surface area contributed by atoms with Gasteiger partial charge in [-0.05, 0) is 31.1 Å². The molecule has 0 amide bonds. The van der Waals surface area contributed by atoms with Gasteiger partial charge in [0.25, 0.3) is 5.88 Å². The molecule has 0 saturated carbocycles. The van der Waals surface area contributed by atoms with Gasteiger partial charge in [0.2, 0.25) is 5.95 Å². The predicted molar refractivity (Wildman–Crippen MR) is 91.2 cm³/mol. The number of nitrogens with one attached hydrogen (secondary N) is 2. The first-order valence-electron chi connectivity index (χ1n) is 7.68. The first-order chi connectivity index (χ1) is 12.1. The minimum absolute atomic E-state index is 0.172. The van der Waals surface area contributed by atoms with Crippen molar-refractivity contribution in [3.05, 3.63) is 41.7 Å². The molecule has 2 aromatic heterocycles. The van der Waals surface area contributed by atoms with E-state index in [9.17, 15) is 5.11 Å². The van der Waals surface area contributed by atoms with E-state index in [1.807, 2.05) is 19.1 Å². The number of phenolic OH excluding ortho intramolecular Hbond substituents is 1. The zero-order valence-electron chi connectivity index (χ0n) is 13.9. The summed E-state index contributed by atoms with van der Waals surface area (Å²) in [6, 6.07) is 8.59. The Morgan fingerprint density at radius 2 is 2.04 bits per heavy atom. The summed E-state index contributed by atoms with van der Waals surface area (Å²) in [6.07, 6.45) is 0. The second-order valence-electron chi connectivity index (χ2n) is 5.32. The normalized spacial score (nSPS) is 10.5. The smallest absolute Gasteiger partial charge is 0.278 e. The largest absolute Gasteiger partial charge is 0.508 e. The van der Waals surface area contributed by atoms with Crippen LogP contribution < -0.4 is 15.4 Å². The third kappa shape index (κ3) is 4.56. The van der Waals surface area contributed by atoms with Crippen LogP contribution >= 0.6 is 0 Å². The van der Waals surface area contributed by atoms with Gasteiger partial charge in [-0.1, -0.05) is 11.2 Å². The summed E-state index contributed by atoms with van der Waals surface area (Å²) < 4.78 is 10.0. The summed E-state index contributed by atoms with van der Waals surface area (Å²) in [5, 5.41) is 23.0. The molecule has 9 nitrogen and oxygen atoms in total. The molecule has 0 unspecified atom stereocenters. The van der Waals surface area contributed by atoms with Crippen molar-refractivity contribution in [3.8, 4) is 11.6 Å². The van der Waals surface area contributed by atoms with E-state index >= 15 is 0 Å². The highest BCUT2D eigenvalue weighted by Gasteiger charge is 2.06. The van der Waals surface area contributed by atoms with Gasteiger partial charge in [-0.15, -0.1) is 0 Å². The molecule has 0 radical (unpaired) electrons. The van der Waals surface area contributed by atoms with Crippen LogP contribution in [0.3, 0.4) is 0 Å². The molecular weight excluding hydrogens is 324 g/mol. The fraction of sp³-hybridized carbons (Fsp3) is 0.250. The number of aryl methyl sites for hydroxylation is 2. The van der Waals surface area contributed by atoms with Gasteiger partial charge in [0.15, 0.2) is 0 Å². The number of ether oxygens (including phenoxy) is 1. The van der Waals surface area contributed by atoms with Crippen LogP contribution in [0.5, 0.6) is 11.6 Å². The van der Waals surface area contributed by atoms with Gasteiger partial charge in [-0.2, -0.15) is 4.98 Å². The lowest BCUT2D eigenvalue weighted by molar-refractivity contribution is 0.261. The average Bonchev–Trinajstić information content (AvgIpc) is 2.96. The summed E-state index contributed by atoms with van der Waals surface area (Å²) >= 11 is 0. The third-order valence-electron chi connectivity index (χ3n) is 3.21. The summed E-state index contributed by atoms with van der Waals surface area (Å²) in [4.78, 5) is 8.73. The highest BCUT2D eigenvalue weighted by Crippen LogP contribution is 2.19. The highest BCUT2D eigenvalue weighted by molar-refractivity contribution is 5.57. The standard InChI is InChI=1S/C16H18N6O3/c1-10-8-14(17-6-7-24-15-11(2)21-25-22-15)20-16(18-10)19-12-4-3-5-13(23)9-12/h3-5,8-9,23H,6-7H2,1-2H3,(H2,17,18,19,20). The molecule has 0 saturated heterocycles. The third-order valence-corrected chi connectivity index (χ3v) is 3.21. The van der Waals surface area contributed by atoms with Gasteiger partial charge in [-0.25, -0.2) is 9.61 Å². The fourth-order valence-electron chi connectivity index (χ4n) is 2.11. The van der Waals surface area contributed by atoms with Crippen LogP contribution in [0.25, 0.3) is 0 Å². The van der Waals surface area contributed by atoms with E-state index in [4.69, 9.17) is 4.74 Å². The molecule has 0 aliphatic carbocycles. The van der Waals surface area contributed by atoms with E-state index in [-0.39, 0.29) is 5.75 Å². The van der Waals surface area contributed by atoms with Gasteiger partial charge < -0.3 is 20.5 Å². The Kier molecular flexibility index (Phi) is 4.93. The Labute approximate surface area is 144 Å². The Morgan fingerprint density at radius 1 is 1.16 bits per heavy atom. The maximum absolute atomic E-state index is 9.52. The zero-order chi connectivity index (χ0) is 17.6. The van der Waals surface area contributed by atoms with Gasteiger partial charge in [-0.3, -0.25) is 0 Å². The van der Waals surface area contributed by atoms with Crippen molar-refractivity contribution >= 4 is 17.5 Å². The molecule has 0 fully saturated rings. The topological polar surface area (TPSA) is 118 Å². The van der Waals surface area contributed by atoms with Gasteiger partial charge in [0.05, 0.1) is 6.54 Å². The molecule has 3 N–H and O–H groups in total. The molecule has 3 rings (SSSR count). The van der Waals surface area contributed by atoms with Crippen molar-refractivity contribution in [3.63, 3.8) is 0 Å². The Balaban J connectivity index is 1.58. The molecule has 0 bridgehead atoms. The summed E-state index contributed by atoms with van der Waals surface area (Å²) in [5.74, 6) is 1.65. The fourth-order valence-corrected chi connectivity index (χ4v) is 2.11. The van der Waals surface area contributed by atoms with E-state index in [0.29, 0.717) is 42.2 Å². The van der Waals surface area contributed by atoms with Crippen LogP contribution in [0.15, 0.2) is 35.0 Å². The Bertz CT molecular complexity index is 851. The molecule has 25 heavy (non-hydrogen) atoms. The predicted octanol–water partition coefficient (Wildman–Crippen LogP) is 2.42. The average molecular weight is 342 g/mol. The maximum atomic E-state index is 9.52. The monoisotopic (exact) mass is 342 g/mol. The first kappa shape index (κ1) is 16.5. The molecule has 2 heterocycles. The van der Waals surface area contributed by atoms with Gasteiger partial charge >= 0.3 is 0 Å². The van der Waals surface area contributed by atoms with Crippen molar-refractivity contribution in [2.24, 2.45) is 0 Å². The van der Waals surface area contributed by atoms with Crippen LogP contribution in [-0.2, 0) is 0 Å². The van der Waals surface area contributed by atoms with E-state index in [1.54, 1.807) is 25.1 Å². The van der Waals surface area contributed by atoms with E-state index < -0.39 is 0 Å². The second-order valence-corrected chi connectivity index (χ2v) is 5.32. The summed E-state index contributed by atoms with van der Waals surface area (Å²) in [5.41, 5.74) is 2.11. The zero-order valence-corrected chi connectivity index (χ0v) is 13.9. The Morgan fingerprint density at radius 3 is 2.80 bits per heavy atom. The molecule has 130 valence electrons. The van der Waals surface area contributed by atoms with Crippen LogP contribution in [0.1, 0.15) is 11.4 Å². The molecule has 0 aliphatic rings. The van der Waals surface area contributed by atoms with Crippen molar-refractivity contribution in [2.45, 2.75) is 13.8 Å². The van der Waals surface area contributed by atoms with E-state index in [2.05, 4.69) is 35.5 Å². The van der Waals surface area contributed by atoms with Crippen molar-refractivity contribution < 1.29 is 14.5 Å². The first-order valence-corrected chi connectivity index (χ1v) is 7.68. The number of rotatable bonds is 7. The Hall–Kier alpha value is -3.36. The molecule has 1 aromatic carbocycles. The minimum Gasteiger partial charge on any atom is -0.508 e. The lowest BCUT2D eigenvalue weighted by Crippen LogP contribution is -2.13. The van der Waals surface area contributed by atoms with Crippen molar-refractivity contribution in [1.29, 1.82) is 0 Å². The number of nitrogens with zero attached hydrogens (tertiary/aromatic N) is 4. The van der Waals surface area contributed by atoms with Crippen LogP contribution in [0.2, 0.25) is 0 Å². The van der Waals surface area contributed by atoms with Crippen LogP contribution in [0, 0.1) is 13.8 Å². The van der Waals surface area contributed by atoms with Gasteiger partial charge in [0, 0.05) is 23.5 Å². The number of hydrogen-bond acceptors (Lipinski definition) is 9. The van der Waals surface area contributed by atoms with Crippen molar-refractivity contribution in [1.82, 2.24) is 20.3 Å². The minimum atomic E-state index is 0.172. The molecular formula is C16H18N6O3. The molecule has 9 heteroatoms. The lowest BCUT2D eigenvalue weighted by atomic mass is 10.3. The second kappa shape index (κ2) is 7.47. The summed E-state index contributed by atoms with van der Waals surface area (Å²) in [6.45, 7) is 4.54. The SMILES string of the molecule is Cc1cc(NCCOc2nonc2C)nc(Nc2cccc(O)c2)n1. The highest BCUT2D eigenvalue weighted by atomic mass is 16.6.